The van der Waals surface area contributed by atoms with Gasteiger partial charge in [-0.15, -0.1) is 0 Å². The summed E-state index contributed by atoms with van der Waals surface area (Å²) in [6, 6.07) is 17.3. The first-order valence-corrected chi connectivity index (χ1v) is 11.0. The number of carbonyl (C=O) groups is 2. The summed E-state index contributed by atoms with van der Waals surface area (Å²) in [5.74, 6) is -0.129. The highest BCUT2D eigenvalue weighted by atomic mass is 79.9. The smallest absolute Gasteiger partial charge is 0.328 e. The highest BCUT2D eigenvalue weighted by Gasteiger charge is 2.56. The summed E-state index contributed by atoms with van der Waals surface area (Å²) in [6.07, 6.45) is 0.525. The topological polar surface area (TPSA) is 59.1 Å². The fraction of sp³-hybridized carbons (Fsp3) is 0.364. The van der Waals surface area contributed by atoms with Crippen molar-refractivity contribution in [1.29, 1.82) is 0 Å². The molecular formula is C22H24BrN5O2. The van der Waals surface area contributed by atoms with Crippen molar-refractivity contribution >= 4 is 33.6 Å². The molecular weight excluding hydrogens is 446 g/mol. The third kappa shape index (κ3) is 3.19. The summed E-state index contributed by atoms with van der Waals surface area (Å²) in [7, 11) is 1.78. The zero-order chi connectivity index (χ0) is 20.8. The van der Waals surface area contributed by atoms with Gasteiger partial charge in [0.2, 0.25) is 0 Å². The van der Waals surface area contributed by atoms with Crippen LogP contribution in [0.2, 0.25) is 0 Å². The summed E-state index contributed by atoms with van der Waals surface area (Å²) in [5, 5.41) is 3.55. The number of likely N-dealkylation sites (N-methyl/N-ethyl adjacent to an activating group) is 1. The molecule has 156 valence electrons. The normalized spacial score (nSPS) is 26.7. The molecule has 0 aliphatic carbocycles. The van der Waals surface area contributed by atoms with Gasteiger partial charge in [-0.25, -0.2) is 4.79 Å². The zero-order valence-corrected chi connectivity index (χ0v) is 18.3. The van der Waals surface area contributed by atoms with Crippen molar-refractivity contribution in [2.45, 2.75) is 31.5 Å². The van der Waals surface area contributed by atoms with Gasteiger partial charge in [0.1, 0.15) is 18.5 Å². The molecule has 3 unspecified atom stereocenters. The Balaban J connectivity index is 1.43. The molecule has 3 aliphatic rings. The molecule has 5 rings (SSSR count). The van der Waals surface area contributed by atoms with Crippen LogP contribution in [0.15, 0.2) is 59.1 Å². The Bertz CT molecular complexity index is 954. The zero-order valence-electron chi connectivity index (χ0n) is 16.7. The van der Waals surface area contributed by atoms with Crippen LogP contribution in [0, 0.1) is 0 Å². The largest absolute Gasteiger partial charge is 0.343 e. The van der Waals surface area contributed by atoms with E-state index in [2.05, 4.69) is 43.2 Å². The Morgan fingerprint density at radius 2 is 1.77 bits per heavy atom. The Morgan fingerprint density at radius 3 is 2.50 bits per heavy atom. The number of rotatable bonds is 3. The predicted molar refractivity (Wildman–Crippen MR) is 117 cm³/mol. The molecule has 8 heteroatoms. The Kier molecular flexibility index (Phi) is 5.00. The lowest BCUT2D eigenvalue weighted by Gasteiger charge is -2.43. The quantitative estimate of drug-likeness (QED) is 0.748. The van der Waals surface area contributed by atoms with E-state index in [4.69, 9.17) is 0 Å². The maximum Gasteiger partial charge on any atom is 0.328 e. The third-order valence-electron chi connectivity index (χ3n) is 6.21. The molecule has 0 spiro atoms. The molecule has 3 atom stereocenters. The SMILES string of the molecule is CN1C(=O)N(Cc2ccc(Br)cc2)C(=O)C2C1NC1N(c3ccccc3)CCCN21. The summed E-state index contributed by atoms with van der Waals surface area (Å²) >= 11 is 3.43. The predicted octanol–water partition coefficient (Wildman–Crippen LogP) is 2.64. The van der Waals surface area contributed by atoms with Crippen LogP contribution in [0.4, 0.5) is 10.5 Å². The molecule has 3 aliphatic heterocycles. The van der Waals surface area contributed by atoms with E-state index in [9.17, 15) is 9.59 Å². The lowest BCUT2D eigenvalue weighted by atomic mass is 10.1. The second-order valence-electron chi connectivity index (χ2n) is 7.99. The van der Waals surface area contributed by atoms with Gasteiger partial charge in [0.25, 0.3) is 5.91 Å². The van der Waals surface area contributed by atoms with E-state index in [-0.39, 0.29) is 37.0 Å². The van der Waals surface area contributed by atoms with Gasteiger partial charge in [0.15, 0.2) is 0 Å². The van der Waals surface area contributed by atoms with Gasteiger partial charge in [-0.2, -0.15) is 0 Å². The minimum absolute atomic E-state index is 0.108. The van der Waals surface area contributed by atoms with Crippen LogP contribution in [0.1, 0.15) is 12.0 Å². The fourth-order valence-electron chi connectivity index (χ4n) is 4.72. The fourth-order valence-corrected chi connectivity index (χ4v) is 4.99. The van der Waals surface area contributed by atoms with Crippen LogP contribution < -0.4 is 10.2 Å². The van der Waals surface area contributed by atoms with Crippen LogP contribution in [-0.2, 0) is 11.3 Å². The van der Waals surface area contributed by atoms with Gasteiger partial charge in [-0.1, -0.05) is 46.3 Å². The highest BCUT2D eigenvalue weighted by Crippen LogP contribution is 2.33. The molecule has 2 aromatic carbocycles. The lowest BCUT2D eigenvalue weighted by Crippen LogP contribution is -2.66. The van der Waals surface area contributed by atoms with E-state index in [1.54, 1.807) is 11.9 Å². The molecule has 30 heavy (non-hydrogen) atoms. The second kappa shape index (κ2) is 7.68. The molecule has 0 aromatic heterocycles. The first-order valence-electron chi connectivity index (χ1n) is 10.2. The van der Waals surface area contributed by atoms with Crippen LogP contribution in [0.25, 0.3) is 0 Å². The molecule has 2 aromatic rings. The molecule has 7 nitrogen and oxygen atoms in total. The van der Waals surface area contributed by atoms with Crippen molar-refractivity contribution in [3.8, 4) is 0 Å². The van der Waals surface area contributed by atoms with Crippen molar-refractivity contribution in [2.24, 2.45) is 0 Å². The van der Waals surface area contributed by atoms with E-state index in [0.717, 1.165) is 35.2 Å². The number of fused-ring (bicyclic) bond motifs is 3. The van der Waals surface area contributed by atoms with E-state index in [0.29, 0.717) is 0 Å². The van der Waals surface area contributed by atoms with Crippen molar-refractivity contribution < 1.29 is 9.59 Å². The second-order valence-corrected chi connectivity index (χ2v) is 8.91. The van der Waals surface area contributed by atoms with Crippen LogP contribution >= 0.6 is 15.9 Å². The number of urea groups is 1. The Labute approximate surface area is 184 Å². The van der Waals surface area contributed by atoms with Gasteiger partial charge >= 0.3 is 6.03 Å². The minimum Gasteiger partial charge on any atom is -0.343 e. The number of nitrogens with one attached hydrogen (secondary N) is 1. The van der Waals surface area contributed by atoms with Crippen LogP contribution in [0.5, 0.6) is 0 Å². The minimum atomic E-state index is -0.389. The number of hydrogen-bond donors (Lipinski definition) is 1. The van der Waals surface area contributed by atoms with Crippen LogP contribution in [-0.4, -0.2) is 65.3 Å². The molecule has 3 fully saturated rings. The van der Waals surface area contributed by atoms with E-state index >= 15 is 0 Å². The van der Waals surface area contributed by atoms with Crippen molar-refractivity contribution in [2.75, 3.05) is 25.0 Å². The number of imide groups is 1. The number of amides is 3. The number of para-hydroxylation sites is 1. The third-order valence-corrected chi connectivity index (χ3v) is 6.74. The number of benzene rings is 2. The van der Waals surface area contributed by atoms with Crippen molar-refractivity contribution in [3.63, 3.8) is 0 Å². The highest BCUT2D eigenvalue weighted by molar-refractivity contribution is 9.10. The molecule has 1 N–H and O–H groups in total. The first kappa shape index (κ1) is 19.5. The average Bonchev–Trinajstić information content (AvgIpc) is 3.17. The van der Waals surface area contributed by atoms with E-state index < -0.39 is 0 Å². The average molecular weight is 470 g/mol. The van der Waals surface area contributed by atoms with Gasteiger partial charge in [0.05, 0.1) is 6.54 Å². The summed E-state index contributed by atoms with van der Waals surface area (Å²) in [5.41, 5.74) is 2.05. The standard InChI is InChI=1S/C22H24BrN5O2/c1-25-19-18(20(29)28(22(25)30)14-15-8-10-16(23)11-9-15)27-13-5-12-26(21(27)24-19)17-6-3-2-4-7-17/h2-4,6-11,18-19,21,24H,5,12-14H2,1H3. The Morgan fingerprint density at radius 1 is 1.03 bits per heavy atom. The van der Waals surface area contributed by atoms with Crippen molar-refractivity contribution in [3.05, 3.63) is 64.6 Å². The maximum atomic E-state index is 13.5. The Hall–Kier alpha value is -2.42. The van der Waals surface area contributed by atoms with E-state index in [1.807, 2.05) is 42.5 Å². The molecule has 3 saturated heterocycles. The van der Waals surface area contributed by atoms with E-state index in [1.165, 1.54) is 4.90 Å². The van der Waals surface area contributed by atoms with Gasteiger partial charge in [-0.3, -0.25) is 19.9 Å². The monoisotopic (exact) mass is 469 g/mol. The van der Waals surface area contributed by atoms with Gasteiger partial charge in [0, 0.05) is 30.3 Å². The molecule has 3 heterocycles. The molecule has 0 saturated carbocycles. The van der Waals surface area contributed by atoms with Gasteiger partial charge in [-0.05, 0) is 36.2 Å². The number of nitrogens with zero attached hydrogens (tertiary/aromatic N) is 4. The summed E-state index contributed by atoms with van der Waals surface area (Å²) < 4.78 is 0.969. The first-order chi connectivity index (χ1) is 14.5. The van der Waals surface area contributed by atoms with Crippen molar-refractivity contribution in [1.82, 2.24) is 20.0 Å². The molecule has 0 radical (unpaired) electrons. The summed E-state index contributed by atoms with van der Waals surface area (Å²) in [6.45, 7) is 2.01. The van der Waals surface area contributed by atoms with Crippen LogP contribution in [0.3, 0.4) is 0 Å². The maximum absolute atomic E-state index is 13.5. The number of halogens is 1. The molecule has 3 amide bonds. The summed E-state index contributed by atoms with van der Waals surface area (Å²) in [4.78, 5) is 34.1. The molecule has 0 bridgehead atoms. The number of hydrogen-bond acceptors (Lipinski definition) is 5. The van der Waals surface area contributed by atoms with Gasteiger partial charge < -0.3 is 9.80 Å². The number of anilines is 1. The number of carbonyl (C=O) groups excluding carboxylic acids is 2. The lowest BCUT2D eigenvalue weighted by molar-refractivity contribution is -0.139.